The van der Waals surface area contributed by atoms with Gasteiger partial charge in [0.2, 0.25) is 5.92 Å². The van der Waals surface area contributed by atoms with E-state index in [1.165, 1.54) is 6.07 Å². The molecule has 0 radical (unpaired) electrons. The molecule has 0 N–H and O–H groups in total. The molecule has 0 aromatic heterocycles. The molecule has 0 saturated heterocycles. The molecule has 0 saturated carbocycles. The van der Waals surface area contributed by atoms with E-state index >= 15 is 0 Å². The molecule has 0 bridgehead atoms. The van der Waals surface area contributed by atoms with Crippen LogP contribution >= 0.6 is 0 Å². The van der Waals surface area contributed by atoms with Gasteiger partial charge < -0.3 is 4.74 Å². The van der Waals surface area contributed by atoms with Gasteiger partial charge in [-0.25, -0.2) is 0 Å². The van der Waals surface area contributed by atoms with Crippen molar-refractivity contribution in [3.05, 3.63) is 0 Å². The molecular formula is C7H5F6NO2. The van der Waals surface area contributed by atoms with Crippen molar-refractivity contribution < 1.29 is 35.9 Å². The number of carbonyl (C=O) groups excluding carboxylic acids is 1. The fourth-order valence-corrected chi connectivity index (χ4v) is 0.733. The van der Waals surface area contributed by atoms with Crippen molar-refractivity contribution >= 4 is 5.97 Å². The van der Waals surface area contributed by atoms with Crippen LogP contribution in [0.15, 0.2) is 0 Å². The highest BCUT2D eigenvalue weighted by Crippen LogP contribution is 2.39. The molecule has 0 heterocycles. The van der Waals surface area contributed by atoms with Crippen LogP contribution < -0.4 is 0 Å². The van der Waals surface area contributed by atoms with E-state index in [-0.39, 0.29) is 0 Å². The summed E-state index contributed by atoms with van der Waals surface area (Å²) in [6, 6.07) is 1.40. The maximum absolute atomic E-state index is 11.9. The van der Waals surface area contributed by atoms with Gasteiger partial charge in [0.15, 0.2) is 0 Å². The van der Waals surface area contributed by atoms with Gasteiger partial charge in [0, 0.05) is 0 Å². The molecule has 0 fully saturated rings. The number of nitriles is 1. The van der Waals surface area contributed by atoms with Crippen molar-refractivity contribution in [2.45, 2.75) is 18.8 Å². The number of halogens is 6. The standard InChI is InChI=1S/C7H5F6NO2/c8-6(9,10)4(7(11,12)13)5(15)16-3-1-2-14/h4H,1,3H2. The number of alkyl halides is 6. The zero-order valence-corrected chi connectivity index (χ0v) is 7.52. The van der Waals surface area contributed by atoms with Gasteiger partial charge in [-0.15, -0.1) is 0 Å². The van der Waals surface area contributed by atoms with Gasteiger partial charge in [-0.3, -0.25) is 4.79 Å². The van der Waals surface area contributed by atoms with Crippen LogP contribution in [0.1, 0.15) is 6.42 Å². The van der Waals surface area contributed by atoms with Crippen molar-refractivity contribution in [2.24, 2.45) is 5.92 Å². The first kappa shape index (κ1) is 14.5. The van der Waals surface area contributed by atoms with E-state index in [9.17, 15) is 31.1 Å². The van der Waals surface area contributed by atoms with Crippen LogP contribution in [0.25, 0.3) is 0 Å². The Hall–Kier alpha value is -1.46. The summed E-state index contributed by atoms with van der Waals surface area (Å²) in [5.74, 6) is -6.62. The van der Waals surface area contributed by atoms with E-state index in [2.05, 4.69) is 4.74 Å². The quantitative estimate of drug-likeness (QED) is 0.437. The predicted octanol–water partition coefficient (Wildman–Crippen LogP) is 2.18. The lowest BCUT2D eigenvalue weighted by atomic mass is 10.1. The van der Waals surface area contributed by atoms with Gasteiger partial charge in [0.1, 0.15) is 6.61 Å². The Morgan fingerprint density at radius 1 is 1.19 bits per heavy atom. The van der Waals surface area contributed by atoms with Crippen molar-refractivity contribution in [3.63, 3.8) is 0 Å². The van der Waals surface area contributed by atoms with Gasteiger partial charge in [-0.2, -0.15) is 31.6 Å². The van der Waals surface area contributed by atoms with Crippen molar-refractivity contribution in [1.82, 2.24) is 0 Å². The molecule has 0 atom stereocenters. The van der Waals surface area contributed by atoms with Crippen molar-refractivity contribution in [2.75, 3.05) is 6.61 Å². The number of esters is 1. The van der Waals surface area contributed by atoms with Crippen LogP contribution in [-0.2, 0) is 9.53 Å². The smallest absolute Gasteiger partial charge is 0.411 e. The molecule has 0 aromatic rings. The molecule has 0 aliphatic carbocycles. The van der Waals surface area contributed by atoms with Gasteiger partial charge in [0.25, 0.3) is 0 Å². The third-order valence-corrected chi connectivity index (χ3v) is 1.35. The largest absolute Gasteiger partial charge is 0.464 e. The zero-order chi connectivity index (χ0) is 13.0. The number of nitrogens with zero attached hydrogens (tertiary/aromatic N) is 1. The molecule has 9 heteroatoms. The van der Waals surface area contributed by atoms with Gasteiger partial charge >= 0.3 is 18.3 Å². The lowest BCUT2D eigenvalue weighted by molar-refractivity contribution is -0.281. The summed E-state index contributed by atoms with van der Waals surface area (Å²) in [5.41, 5.74) is 0. The minimum Gasteiger partial charge on any atom is -0.464 e. The number of ether oxygens (including phenoxy) is 1. The first-order valence-corrected chi connectivity index (χ1v) is 3.77. The van der Waals surface area contributed by atoms with E-state index < -0.39 is 37.3 Å². The highest BCUT2D eigenvalue weighted by molar-refractivity contribution is 5.74. The van der Waals surface area contributed by atoms with Gasteiger partial charge in [-0.1, -0.05) is 0 Å². The fraction of sp³-hybridized carbons (Fsp3) is 0.714. The molecule has 0 aliphatic rings. The van der Waals surface area contributed by atoms with E-state index in [0.717, 1.165) is 0 Å². The van der Waals surface area contributed by atoms with Crippen LogP contribution in [-0.4, -0.2) is 24.9 Å². The Morgan fingerprint density at radius 3 is 1.94 bits per heavy atom. The third kappa shape index (κ3) is 4.37. The Bertz CT molecular complexity index is 275. The van der Waals surface area contributed by atoms with E-state index in [0.29, 0.717) is 0 Å². The Kier molecular flexibility index (Phi) is 4.59. The summed E-state index contributed by atoms with van der Waals surface area (Å²) in [7, 11) is 0. The summed E-state index contributed by atoms with van der Waals surface area (Å²) >= 11 is 0. The molecule has 0 unspecified atom stereocenters. The SMILES string of the molecule is N#CCCOC(=O)C(C(F)(F)F)C(F)(F)F. The Morgan fingerprint density at radius 2 is 1.62 bits per heavy atom. The topological polar surface area (TPSA) is 50.1 Å². The average Bonchev–Trinajstić information content (AvgIpc) is 1.98. The predicted molar refractivity (Wildman–Crippen MR) is 36.8 cm³/mol. The molecule has 3 nitrogen and oxygen atoms in total. The van der Waals surface area contributed by atoms with Crippen LogP contribution in [0, 0.1) is 17.2 Å². The summed E-state index contributed by atoms with van der Waals surface area (Å²) in [4.78, 5) is 10.5. The molecule has 92 valence electrons. The number of carbonyl (C=O) groups is 1. The third-order valence-electron chi connectivity index (χ3n) is 1.35. The molecular weight excluding hydrogens is 244 g/mol. The maximum atomic E-state index is 11.9. The number of hydrogen-bond donors (Lipinski definition) is 0. The normalized spacial score (nSPS) is 12.4. The number of hydrogen-bond acceptors (Lipinski definition) is 3. The average molecular weight is 249 g/mol. The van der Waals surface area contributed by atoms with Crippen LogP contribution in [0.5, 0.6) is 0 Å². The summed E-state index contributed by atoms with van der Waals surface area (Å²) in [6.45, 7) is -0.808. The van der Waals surface area contributed by atoms with Crippen LogP contribution in [0.4, 0.5) is 26.3 Å². The summed E-state index contributed by atoms with van der Waals surface area (Å²) in [6.07, 6.45) is -12.0. The second-order valence-corrected chi connectivity index (χ2v) is 2.59. The molecule has 0 aromatic carbocycles. The van der Waals surface area contributed by atoms with E-state index in [4.69, 9.17) is 5.26 Å². The monoisotopic (exact) mass is 249 g/mol. The summed E-state index contributed by atoms with van der Waals surface area (Å²) in [5, 5.41) is 7.95. The first-order valence-electron chi connectivity index (χ1n) is 3.77. The van der Waals surface area contributed by atoms with Crippen LogP contribution in [0.2, 0.25) is 0 Å². The van der Waals surface area contributed by atoms with E-state index in [1.807, 2.05) is 0 Å². The summed E-state index contributed by atoms with van der Waals surface area (Å²) < 4.78 is 75.0. The minimum atomic E-state index is -5.76. The first-order chi connectivity index (χ1) is 7.10. The molecule has 0 spiro atoms. The van der Waals surface area contributed by atoms with Gasteiger partial charge in [-0.05, 0) is 0 Å². The van der Waals surface area contributed by atoms with Crippen molar-refractivity contribution in [3.8, 4) is 6.07 Å². The molecule has 16 heavy (non-hydrogen) atoms. The zero-order valence-electron chi connectivity index (χ0n) is 7.52. The van der Waals surface area contributed by atoms with Crippen LogP contribution in [0.3, 0.4) is 0 Å². The number of rotatable bonds is 3. The second-order valence-electron chi connectivity index (χ2n) is 2.59. The van der Waals surface area contributed by atoms with E-state index in [1.54, 1.807) is 0 Å². The second kappa shape index (κ2) is 5.05. The van der Waals surface area contributed by atoms with Crippen molar-refractivity contribution in [1.29, 1.82) is 5.26 Å². The molecule has 0 aliphatic heterocycles. The fourth-order valence-electron chi connectivity index (χ4n) is 0.733. The highest BCUT2D eigenvalue weighted by atomic mass is 19.4. The minimum absolute atomic E-state index is 0.478. The lowest BCUT2D eigenvalue weighted by Gasteiger charge is -2.20. The molecule has 0 amide bonds. The highest BCUT2D eigenvalue weighted by Gasteiger charge is 2.62. The Balaban J connectivity index is 4.68. The maximum Gasteiger partial charge on any atom is 0.411 e. The molecule has 0 rings (SSSR count). The Labute approximate surface area is 85.6 Å². The van der Waals surface area contributed by atoms with Gasteiger partial charge in [0.05, 0.1) is 12.5 Å². The lowest BCUT2D eigenvalue weighted by Crippen LogP contribution is -2.43.